The van der Waals surface area contributed by atoms with Crippen LogP contribution in [0.3, 0.4) is 0 Å². The van der Waals surface area contributed by atoms with Gasteiger partial charge in [-0.1, -0.05) is 17.7 Å². The minimum absolute atomic E-state index is 0.223. The second-order valence-corrected chi connectivity index (χ2v) is 6.43. The summed E-state index contributed by atoms with van der Waals surface area (Å²) in [5.41, 5.74) is 1.58. The Hall–Kier alpha value is -2.86. The van der Waals surface area contributed by atoms with Crippen LogP contribution in [0.2, 0.25) is 5.02 Å². The molecule has 2 aliphatic rings. The fourth-order valence-corrected chi connectivity index (χ4v) is 3.07. The predicted molar refractivity (Wildman–Crippen MR) is 103 cm³/mol. The molecule has 140 valence electrons. The number of dihydropyridines is 1. The lowest BCUT2D eigenvalue weighted by Crippen LogP contribution is -2.30. The van der Waals surface area contributed by atoms with Crippen LogP contribution in [0.25, 0.3) is 0 Å². The van der Waals surface area contributed by atoms with E-state index in [0.717, 1.165) is 0 Å². The van der Waals surface area contributed by atoms with E-state index in [1.165, 1.54) is 7.11 Å². The van der Waals surface area contributed by atoms with E-state index < -0.39 is 0 Å². The van der Waals surface area contributed by atoms with Crippen molar-refractivity contribution in [2.24, 2.45) is 10.9 Å². The lowest BCUT2D eigenvalue weighted by atomic mass is 9.89. The Morgan fingerprint density at radius 3 is 2.59 bits per heavy atom. The van der Waals surface area contributed by atoms with Gasteiger partial charge in [-0.3, -0.25) is 9.59 Å². The van der Waals surface area contributed by atoms with Crippen LogP contribution in [-0.2, 0) is 14.3 Å². The molecule has 1 aromatic carbocycles. The molecular weight excluding hydrogens is 368 g/mol. The van der Waals surface area contributed by atoms with Crippen molar-refractivity contribution in [3.63, 3.8) is 0 Å². The number of hydrogen-bond donors (Lipinski definition) is 1. The van der Waals surface area contributed by atoms with E-state index in [1.54, 1.807) is 43.5 Å². The third-order valence-corrected chi connectivity index (χ3v) is 4.61. The summed E-state index contributed by atoms with van der Waals surface area (Å²) < 4.78 is 10.7. The summed E-state index contributed by atoms with van der Waals surface area (Å²) in [7, 11) is 3.11. The zero-order valence-electron chi connectivity index (χ0n) is 15.0. The number of nitrogens with zero attached hydrogens (tertiary/aromatic N) is 1. The highest BCUT2D eigenvalue weighted by Gasteiger charge is 2.32. The first-order valence-corrected chi connectivity index (χ1v) is 8.79. The van der Waals surface area contributed by atoms with Crippen LogP contribution in [-0.4, -0.2) is 38.3 Å². The number of benzene rings is 1. The highest BCUT2D eigenvalue weighted by Crippen LogP contribution is 2.30. The number of methoxy groups -OCH3 is 2. The van der Waals surface area contributed by atoms with E-state index in [-0.39, 0.29) is 17.7 Å². The lowest BCUT2D eigenvalue weighted by molar-refractivity contribution is -0.114. The fraction of sp³-hybridized carbons (Fsp3) is 0.250. The molecule has 2 amide bonds. The average molecular weight is 387 g/mol. The molecule has 0 bridgehead atoms. The number of halogens is 1. The van der Waals surface area contributed by atoms with Crippen LogP contribution < -0.4 is 5.32 Å². The van der Waals surface area contributed by atoms with E-state index in [0.29, 0.717) is 46.4 Å². The number of nitrogens with one attached hydrogen (secondary N) is 1. The van der Waals surface area contributed by atoms with Gasteiger partial charge in [-0.05, 0) is 42.8 Å². The zero-order chi connectivity index (χ0) is 19.4. The first kappa shape index (κ1) is 18.9. The van der Waals surface area contributed by atoms with E-state index >= 15 is 0 Å². The van der Waals surface area contributed by atoms with Gasteiger partial charge in [-0.15, -0.1) is 0 Å². The Morgan fingerprint density at radius 2 is 1.93 bits per heavy atom. The number of aliphatic imine (C=N–C) groups is 1. The second kappa shape index (κ2) is 8.22. The molecule has 1 unspecified atom stereocenters. The molecule has 0 spiro atoms. The summed E-state index contributed by atoms with van der Waals surface area (Å²) in [6, 6.07) is 6.61. The van der Waals surface area contributed by atoms with Crippen LogP contribution >= 0.6 is 11.6 Å². The third-order valence-electron chi connectivity index (χ3n) is 4.36. The van der Waals surface area contributed by atoms with Gasteiger partial charge in [0.2, 0.25) is 0 Å². The van der Waals surface area contributed by atoms with Crippen molar-refractivity contribution in [2.75, 3.05) is 20.8 Å². The highest BCUT2D eigenvalue weighted by molar-refractivity contribution is 6.30. The second-order valence-electron chi connectivity index (χ2n) is 5.99. The number of amides is 2. The summed E-state index contributed by atoms with van der Waals surface area (Å²) in [5.74, 6) is 0.404. The molecule has 1 heterocycles. The quantitative estimate of drug-likeness (QED) is 0.815. The molecule has 1 aliphatic carbocycles. The van der Waals surface area contributed by atoms with Gasteiger partial charge in [0.05, 0.1) is 20.1 Å². The molecule has 0 saturated carbocycles. The molecule has 1 N–H and O–H groups in total. The van der Waals surface area contributed by atoms with Gasteiger partial charge in [-0.25, -0.2) is 4.99 Å². The Labute approximate surface area is 162 Å². The average Bonchev–Trinajstić information content (AvgIpc) is 2.68. The summed E-state index contributed by atoms with van der Waals surface area (Å²) >= 11 is 5.82. The van der Waals surface area contributed by atoms with Gasteiger partial charge in [0, 0.05) is 22.7 Å². The topological polar surface area (TPSA) is 77.0 Å². The Morgan fingerprint density at radius 1 is 1.19 bits per heavy atom. The van der Waals surface area contributed by atoms with Gasteiger partial charge in [-0.2, -0.15) is 0 Å². The standard InChI is InChI=1S/C20H19ClN2O4/c1-26-16-7-8-17(27-2)18-15(16)11-13(20(25)23-18)9-10-22-19(24)12-3-5-14(21)6-4-12/h3-8,11,15H,9-10H2,1-2H3,(H,22,24). The normalized spacial score (nSPS) is 18.5. The zero-order valence-corrected chi connectivity index (χ0v) is 15.7. The SMILES string of the molecule is COC1=CC=C(OC)C2C=C(CCNC(=O)c3ccc(Cl)cc3)C(=O)N=C12. The number of allylic oxidation sites excluding steroid dienone is 4. The van der Waals surface area contributed by atoms with Gasteiger partial charge >= 0.3 is 0 Å². The van der Waals surface area contributed by atoms with E-state index in [1.807, 2.05) is 6.08 Å². The highest BCUT2D eigenvalue weighted by atomic mass is 35.5. The van der Waals surface area contributed by atoms with Crippen LogP contribution in [0.4, 0.5) is 0 Å². The van der Waals surface area contributed by atoms with Crippen molar-refractivity contribution in [2.45, 2.75) is 6.42 Å². The number of rotatable bonds is 6. The molecule has 0 radical (unpaired) electrons. The van der Waals surface area contributed by atoms with Crippen LogP contribution in [0.5, 0.6) is 0 Å². The molecule has 1 aromatic rings. The van der Waals surface area contributed by atoms with Crippen molar-refractivity contribution >= 4 is 29.1 Å². The third kappa shape index (κ3) is 4.11. The van der Waals surface area contributed by atoms with Crippen LogP contribution in [0, 0.1) is 5.92 Å². The van der Waals surface area contributed by atoms with Crippen molar-refractivity contribution in [1.29, 1.82) is 0 Å². The predicted octanol–water partition coefficient (Wildman–Crippen LogP) is 3.06. The first-order valence-electron chi connectivity index (χ1n) is 8.41. The fourth-order valence-electron chi connectivity index (χ4n) is 2.95. The minimum atomic E-state index is -0.331. The van der Waals surface area contributed by atoms with Gasteiger partial charge in [0.15, 0.2) is 0 Å². The monoisotopic (exact) mass is 386 g/mol. The molecule has 0 saturated heterocycles. The molecule has 7 heteroatoms. The summed E-state index contributed by atoms with van der Waals surface area (Å²) in [4.78, 5) is 28.7. The van der Waals surface area contributed by atoms with Crippen LogP contribution in [0.15, 0.2) is 64.6 Å². The number of fused-ring (bicyclic) bond motifs is 1. The number of carbonyl (C=O) groups is 2. The van der Waals surface area contributed by atoms with Crippen LogP contribution in [0.1, 0.15) is 16.8 Å². The van der Waals surface area contributed by atoms with Crippen molar-refractivity contribution < 1.29 is 19.1 Å². The van der Waals surface area contributed by atoms with Gasteiger partial charge in [0.25, 0.3) is 11.8 Å². The maximum Gasteiger partial charge on any atom is 0.273 e. The van der Waals surface area contributed by atoms with Crippen molar-refractivity contribution in [3.8, 4) is 0 Å². The molecule has 1 atom stereocenters. The maximum absolute atomic E-state index is 12.4. The van der Waals surface area contributed by atoms with Gasteiger partial charge in [0.1, 0.15) is 17.2 Å². The molecule has 6 nitrogen and oxygen atoms in total. The number of carbonyl (C=O) groups excluding carboxylic acids is 2. The molecular formula is C20H19ClN2O4. The Balaban J connectivity index is 1.66. The maximum atomic E-state index is 12.4. The van der Waals surface area contributed by atoms with Crippen molar-refractivity contribution in [3.05, 3.63) is 70.2 Å². The van der Waals surface area contributed by atoms with E-state index in [2.05, 4.69) is 10.3 Å². The summed E-state index contributed by atoms with van der Waals surface area (Å²) in [5, 5.41) is 3.36. The first-order chi connectivity index (χ1) is 13.0. The minimum Gasteiger partial charge on any atom is -0.500 e. The Kier molecular flexibility index (Phi) is 5.76. The van der Waals surface area contributed by atoms with E-state index in [4.69, 9.17) is 21.1 Å². The molecule has 0 aromatic heterocycles. The summed E-state index contributed by atoms with van der Waals surface area (Å²) in [6.45, 7) is 0.315. The molecule has 27 heavy (non-hydrogen) atoms. The number of ether oxygens (including phenoxy) is 2. The lowest BCUT2D eigenvalue weighted by Gasteiger charge is -2.26. The Bertz CT molecular complexity index is 882. The largest absolute Gasteiger partial charge is 0.500 e. The molecule has 0 fully saturated rings. The van der Waals surface area contributed by atoms with Gasteiger partial charge < -0.3 is 14.8 Å². The number of hydrogen-bond acceptors (Lipinski definition) is 4. The smallest absolute Gasteiger partial charge is 0.273 e. The van der Waals surface area contributed by atoms with Crippen molar-refractivity contribution in [1.82, 2.24) is 5.32 Å². The molecule has 3 rings (SSSR count). The summed E-state index contributed by atoms with van der Waals surface area (Å²) in [6.07, 6.45) is 5.72. The van der Waals surface area contributed by atoms with E-state index in [9.17, 15) is 9.59 Å². The molecule has 1 aliphatic heterocycles.